The Morgan fingerprint density at radius 2 is 1.90 bits per heavy atom. The summed E-state index contributed by atoms with van der Waals surface area (Å²) in [5.74, 6) is 0. The third kappa shape index (κ3) is 4.97. The Labute approximate surface area is 129 Å². The number of aliphatic imine (C=N–C) groups is 1. The number of thioether (sulfide) groups is 1. The second-order valence-corrected chi connectivity index (χ2v) is 7.78. The molecule has 0 N–H and O–H groups in total. The predicted molar refractivity (Wildman–Crippen MR) is 94.4 cm³/mol. The minimum Gasteiger partial charge on any atom is -0.261 e. The third-order valence-corrected chi connectivity index (χ3v) is 5.48. The highest BCUT2D eigenvalue weighted by Gasteiger charge is 2.27. The van der Waals surface area contributed by atoms with Gasteiger partial charge in [0, 0.05) is 22.7 Å². The lowest BCUT2D eigenvalue weighted by Gasteiger charge is -2.34. The van der Waals surface area contributed by atoms with E-state index in [-0.39, 0.29) is 0 Å². The molecule has 0 aromatic rings. The molecule has 1 saturated carbocycles. The molecular formula is C18H29NS. The molecule has 0 unspecified atom stereocenters. The average Bonchev–Trinajstić information content (AvgIpc) is 2.41. The molecule has 1 aliphatic rings. The zero-order valence-electron chi connectivity index (χ0n) is 13.5. The first-order chi connectivity index (χ1) is 9.43. The lowest BCUT2D eigenvalue weighted by Crippen LogP contribution is -2.22. The molecule has 1 fully saturated rings. The normalized spacial score (nSPS) is 21.3. The van der Waals surface area contributed by atoms with E-state index in [4.69, 9.17) is 0 Å². The van der Waals surface area contributed by atoms with Crippen LogP contribution in [0.15, 0.2) is 40.9 Å². The van der Waals surface area contributed by atoms with E-state index in [9.17, 15) is 0 Å². The predicted octanol–water partition coefficient (Wildman–Crippen LogP) is 6.14. The molecule has 0 saturated heterocycles. The highest BCUT2D eigenvalue weighted by Crippen LogP contribution is 2.42. The van der Waals surface area contributed by atoms with E-state index >= 15 is 0 Å². The van der Waals surface area contributed by atoms with Crippen molar-refractivity contribution in [2.24, 2.45) is 10.4 Å². The van der Waals surface area contributed by atoms with Gasteiger partial charge in [0.15, 0.2) is 0 Å². The summed E-state index contributed by atoms with van der Waals surface area (Å²) in [7, 11) is 0. The molecule has 1 rings (SSSR count). The van der Waals surface area contributed by atoms with Crippen molar-refractivity contribution in [1.29, 1.82) is 0 Å². The fourth-order valence-electron chi connectivity index (χ4n) is 2.73. The first kappa shape index (κ1) is 17.3. The molecule has 2 heteroatoms. The Morgan fingerprint density at radius 1 is 1.30 bits per heavy atom. The van der Waals surface area contributed by atoms with Gasteiger partial charge in [-0.05, 0) is 49.3 Å². The van der Waals surface area contributed by atoms with Gasteiger partial charge >= 0.3 is 0 Å². The van der Waals surface area contributed by atoms with Crippen LogP contribution in [-0.4, -0.2) is 11.0 Å². The number of rotatable bonds is 6. The van der Waals surface area contributed by atoms with Crippen LogP contribution in [0.4, 0.5) is 0 Å². The van der Waals surface area contributed by atoms with Gasteiger partial charge in [0.2, 0.25) is 0 Å². The van der Waals surface area contributed by atoms with E-state index in [1.807, 2.05) is 17.8 Å². The number of nitrogens with zero attached hydrogens (tertiary/aromatic N) is 1. The molecular weight excluding hydrogens is 262 g/mol. The lowest BCUT2D eigenvalue weighted by molar-refractivity contribution is 0.249. The molecule has 0 aliphatic heterocycles. The van der Waals surface area contributed by atoms with Crippen LogP contribution in [0.5, 0.6) is 0 Å². The van der Waals surface area contributed by atoms with Gasteiger partial charge in [-0.25, -0.2) is 0 Å². The molecule has 1 nitrogen and oxygen atoms in total. The van der Waals surface area contributed by atoms with Crippen LogP contribution in [0.25, 0.3) is 0 Å². The van der Waals surface area contributed by atoms with E-state index in [2.05, 4.69) is 45.8 Å². The Morgan fingerprint density at radius 3 is 2.35 bits per heavy atom. The van der Waals surface area contributed by atoms with Gasteiger partial charge in [-0.2, -0.15) is 0 Å². The first-order valence-corrected chi connectivity index (χ1v) is 8.49. The zero-order valence-corrected chi connectivity index (χ0v) is 14.4. The van der Waals surface area contributed by atoms with Crippen molar-refractivity contribution < 1.29 is 0 Å². The highest BCUT2D eigenvalue weighted by molar-refractivity contribution is 8.03. The quantitative estimate of drug-likeness (QED) is 0.423. The third-order valence-electron chi connectivity index (χ3n) is 4.11. The molecule has 0 bridgehead atoms. The van der Waals surface area contributed by atoms with Gasteiger partial charge in [-0.15, -0.1) is 11.8 Å². The minimum absolute atomic E-state index is 0.537. The Balaban J connectivity index is 2.78. The molecule has 0 amide bonds. The van der Waals surface area contributed by atoms with Crippen molar-refractivity contribution >= 4 is 17.5 Å². The van der Waals surface area contributed by atoms with Crippen LogP contribution in [0.2, 0.25) is 0 Å². The van der Waals surface area contributed by atoms with E-state index in [0.29, 0.717) is 5.41 Å². The van der Waals surface area contributed by atoms with Gasteiger partial charge < -0.3 is 0 Å². The molecule has 0 aromatic heterocycles. The summed E-state index contributed by atoms with van der Waals surface area (Å²) in [6, 6.07) is 0. The van der Waals surface area contributed by atoms with Crippen molar-refractivity contribution in [2.45, 2.75) is 65.0 Å². The van der Waals surface area contributed by atoms with Gasteiger partial charge in [-0.1, -0.05) is 40.0 Å². The van der Waals surface area contributed by atoms with Crippen LogP contribution in [-0.2, 0) is 0 Å². The average molecular weight is 292 g/mol. The Kier molecular flexibility index (Phi) is 6.81. The number of hydrogen-bond acceptors (Lipinski definition) is 2. The van der Waals surface area contributed by atoms with E-state index in [1.165, 1.54) is 36.2 Å². The van der Waals surface area contributed by atoms with Crippen molar-refractivity contribution in [3.05, 3.63) is 35.9 Å². The molecule has 0 radical (unpaired) electrons. The molecule has 0 heterocycles. The van der Waals surface area contributed by atoms with Gasteiger partial charge in [0.1, 0.15) is 0 Å². The van der Waals surface area contributed by atoms with Crippen molar-refractivity contribution in [3.8, 4) is 0 Å². The fraction of sp³-hybridized carbons (Fsp3) is 0.611. The fourth-order valence-corrected chi connectivity index (χ4v) is 4.03. The van der Waals surface area contributed by atoms with Crippen molar-refractivity contribution in [3.63, 3.8) is 0 Å². The summed E-state index contributed by atoms with van der Waals surface area (Å²) in [5, 5.41) is 0.750. The van der Waals surface area contributed by atoms with Crippen LogP contribution in [0.1, 0.15) is 59.8 Å². The maximum atomic E-state index is 4.39. The molecule has 1 aliphatic carbocycles. The molecule has 0 aromatic carbocycles. The van der Waals surface area contributed by atoms with Gasteiger partial charge in [-0.3, -0.25) is 4.99 Å². The summed E-state index contributed by atoms with van der Waals surface area (Å²) in [6.07, 6.45) is 9.80. The summed E-state index contributed by atoms with van der Waals surface area (Å²) in [5.41, 5.74) is 2.83. The minimum atomic E-state index is 0.537. The van der Waals surface area contributed by atoms with Crippen LogP contribution < -0.4 is 0 Å². The molecule has 112 valence electrons. The van der Waals surface area contributed by atoms with Crippen molar-refractivity contribution in [1.82, 2.24) is 0 Å². The Hall–Kier alpha value is -0.760. The zero-order chi connectivity index (χ0) is 15.2. The smallest absolute Gasteiger partial charge is 0.0480 e. The van der Waals surface area contributed by atoms with E-state index < -0.39 is 0 Å². The number of hydrogen-bond donors (Lipinski definition) is 0. The molecule has 20 heavy (non-hydrogen) atoms. The van der Waals surface area contributed by atoms with Gasteiger partial charge in [0.05, 0.1) is 0 Å². The molecule has 0 spiro atoms. The first-order valence-electron chi connectivity index (χ1n) is 7.61. The molecule has 0 atom stereocenters. The largest absolute Gasteiger partial charge is 0.261 e. The Bertz CT molecular complexity index is 405. The monoisotopic (exact) mass is 291 g/mol. The maximum absolute atomic E-state index is 4.39. The van der Waals surface area contributed by atoms with Crippen LogP contribution in [0, 0.1) is 5.41 Å². The highest BCUT2D eigenvalue weighted by atomic mass is 32.2. The standard InChI is InChI=1S/C18H29NS/c1-7-16(17(8-2)19-9-3)14(4)20-15-10-12-18(5,6)13-11-15/h7,9,15H,1,3,8,10-13H2,2,4-6H3/b16-14+,19-17-. The van der Waals surface area contributed by atoms with Crippen LogP contribution >= 0.6 is 11.8 Å². The second-order valence-electron chi connectivity index (χ2n) is 6.27. The lowest BCUT2D eigenvalue weighted by atomic mass is 9.77. The maximum Gasteiger partial charge on any atom is 0.0480 e. The SMILES string of the molecule is C=C/N=C(CC)\C(C=C)=C(/C)SC1CCC(C)(C)CC1. The van der Waals surface area contributed by atoms with Gasteiger partial charge in [0.25, 0.3) is 0 Å². The summed E-state index contributed by atoms with van der Waals surface area (Å²) >= 11 is 2.02. The van der Waals surface area contributed by atoms with Crippen LogP contribution in [0.3, 0.4) is 0 Å². The summed E-state index contributed by atoms with van der Waals surface area (Å²) in [4.78, 5) is 5.74. The second kappa shape index (κ2) is 7.87. The topological polar surface area (TPSA) is 12.4 Å². The van der Waals surface area contributed by atoms with Crippen molar-refractivity contribution in [2.75, 3.05) is 0 Å². The van der Waals surface area contributed by atoms with E-state index in [1.54, 1.807) is 6.20 Å². The number of allylic oxidation sites excluding steroid dienone is 3. The summed E-state index contributed by atoms with van der Waals surface area (Å²) < 4.78 is 0. The summed E-state index contributed by atoms with van der Waals surface area (Å²) in [6.45, 7) is 16.8. The van der Waals surface area contributed by atoms with E-state index in [0.717, 1.165) is 17.4 Å².